The first-order chi connectivity index (χ1) is 12.8. The number of ether oxygens (including phenoxy) is 6. The average Bonchev–Trinajstić information content (AvgIpc) is 2.65. The van der Waals surface area contributed by atoms with Crippen molar-refractivity contribution in [2.45, 2.75) is 13.8 Å². The van der Waals surface area contributed by atoms with Crippen molar-refractivity contribution in [3.8, 4) is 0 Å². The van der Waals surface area contributed by atoms with E-state index in [4.69, 9.17) is 33.5 Å². The van der Waals surface area contributed by atoms with Crippen molar-refractivity contribution in [3.63, 3.8) is 0 Å². The molecule has 0 unspecified atom stereocenters. The maximum Gasteiger partial charge on any atom is 0.0701 e. The lowest BCUT2D eigenvalue weighted by Crippen LogP contribution is -2.34. The van der Waals surface area contributed by atoms with Crippen LogP contribution in [0.2, 0.25) is 0 Å². The molecule has 0 aliphatic heterocycles. The molecule has 0 aromatic heterocycles. The molecule has 0 aromatic rings. The zero-order chi connectivity index (χ0) is 19.1. The molecule has 0 aliphatic carbocycles. The standard InChI is InChI=1S/C18H39NO7/c1-3-21-13-15-23-9-5-19(6-10-24-16-14-22-4-2)7-11-25-17-18-26-12-8-20/h20H,3-18H2,1-2H3. The lowest BCUT2D eigenvalue weighted by Gasteiger charge is -2.22. The maximum absolute atomic E-state index is 8.63. The van der Waals surface area contributed by atoms with Gasteiger partial charge in [0, 0.05) is 32.8 Å². The molecule has 26 heavy (non-hydrogen) atoms. The number of hydrogen-bond donors (Lipinski definition) is 1. The van der Waals surface area contributed by atoms with E-state index in [1.54, 1.807) is 0 Å². The van der Waals surface area contributed by atoms with Gasteiger partial charge in [-0.05, 0) is 13.8 Å². The van der Waals surface area contributed by atoms with E-state index in [1.807, 2.05) is 13.8 Å². The Morgan fingerprint density at radius 3 is 1.19 bits per heavy atom. The highest BCUT2D eigenvalue weighted by atomic mass is 16.5. The van der Waals surface area contributed by atoms with Crippen molar-refractivity contribution in [2.75, 3.05) is 106 Å². The van der Waals surface area contributed by atoms with Crippen LogP contribution in [0.25, 0.3) is 0 Å². The summed E-state index contributed by atoms with van der Waals surface area (Å²) in [5, 5.41) is 8.63. The second-order valence-electron chi connectivity index (χ2n) is 5.41. The lowest BCUT2D eigenvalue weighted by atomic mass is 10.4. The third-order valence-corrected chi connectivity index (χ3v) is 3.42. The van der Waals surface area contributed by atoms with Gasteiger partial charge >= 0.3 is 0 Å². The van der Waals surface area contributed by atoms with Crippen LogP contribution in [0, 0.1) is 0 Å². The molecular weight excluding hydrogens is 342 g/mol. The van der Waals surface area contributed by atoms with Crippen LogP contribution in [-0.4, -0.2) is 116 Å². The van der Waals surface area contributed by atoms with E-state index in [-0.39, 0.29) is 6.61 Å². The van der Waals surface area contributed by atoms with Gasteiger partial charge < -0.3 is 33.5 Å². The third kappa shape index (κ3) is 20.0. The molecule has 8 nitrogen and oxygen atoms in total. The van der Waals surface area contributed by atoms with Crippen LogP contribution in [-0.2, 0) is 28.4 Å². The van der Waals surface area contributed by atoms with Gasteiger partial charge in [-0.3, -0.25) is 4.90 Å². The summed E-state index contributed by atoms with van der Waals surface area (Å²) in [6, 6.07) is 0. The van der Waals surface area contributed by atoms with Crippen molar-refractivity contribution in [1.29, 1.82) is 0 Å². The Kier molecular flexibility index (Phi) is 22.4. The maximum atomic E-state index is 8.63. The fraction of sp³-hybridized carbons (Fsp3) is 1.00. The van der Waals surface area contributed by atoms with Gasteiger partial charge in [0.2, 0.25) is 0 Å². The summed E-state index contributed by atoms with van der Waals surface area (Å²) >= 11 is 0. The molecule has 0 amide bonds. The molecule has 0 fully saturated rings. The molecule has 0 aliphatic rings. The predicted octanol–water partition coefficient (Wildman–Crippen LogP) is 0.420. The molecule has 0 rings (SSSR count). The van der Waals surface area contributed by atoms with Crippen LogP contribution in [0.1, 0.15) is 13.8 Å². The van der Waals surface area contributed by atoms with Gasteiger partial charge in [0.05, 0.1) is 72.7 Å². The number of hydrogen-bond acceptors (Lipinski definition) is 8. The van der Waals surface area contributed by atoms with Crippen molar-refractivity contribution < 1.29 is 33.5 Å². The first-order valence-electron chi connectivity index (χ1n) is 9.64. The summed E-state index contributed by atoms with van der Waals surface area (Å²) in [7, 11) is 0. The molecule has 0 saturated carbocycles. The molecule has 0 heterocycles. The fourth-order valence-corrected chi connectivity index (χ4v) is 2.03. The van der Waals surface area contributed by atoms with Crippen LogP contribution >= 0.6 is 0 Å². The molecule has 8 heteroatoms. The summed E-state index contributed by atoms with van der Waals surface area (Å²) in [4.78, 5) is 2.26. The van der Waals surface area contributed by atoms with Gasteiger partial charge in [0.15, 0.2) is 0 Å². The highest BCUT2D eigenvalue weighted by molar-refractivity contribution is 4.57. The summed E-state index contributed by atoms with van der Waals surface area (Å²) in [5.41, 5.74) is 0. The third-order valence-electron chi connectivity index (χ3n) is 3.42. The van der Waals surface area contributed by atoms with Crippen LogP contribution in [0.3, 0.4) is 0 Å². The molecule has 0 atom stereocenters. The van der Waals surface area contributed by atoms with Gasteiger partial charge in [-0.2, -0.15) is 0 Å². The highest BCUT2D eigenvalue weighted by Crippen LogP contribution is 1.92. The zero-order valence-corrected chi connectivity index (χ0v) is 16.7. The summed E-state index contributed by atoms with van der Waals surface area (Å²) in [5.74, 6) is 0. The first kappa shape index (κ1) is 25.7. The molecular formula is C18H39NO7. The zero-order valence-electron chi connectivity index (χ0n) is 16.7. The molecule has 0 radical (unpaired) electrons. The number of aliphatic hydroxyl groups excluding tert-OH is 1. The largest absolute Gasteiger partial charge is 0.394 e. The van der Waals surface area contributed by atoms with Crippen molar-refractivity contribution in [2.24, 2.45) is 0 Å². The molecule has 0 spiro atoms. The smallest absolute Gasteiger partial charge is 0.0701 e. The van der Waals surface area contributed by atoms with E-state index < -0.39 is 0 Å². The topological polar surface area (TPSA) is 78.9 Å². The molecule has 0 saturated heterocycles. The van der Waals surface area contributed by atoms with E-state index in [0.717, 1.165) is 19.6 Å². The van der Waals surface area contributed by atoms with E-state index >= 15 is 0 Å². The van der Waals surface area contributed by atoms with Crippen LogP contribution < -0.4 is 0 Å². The Labute approximate surface area is 158 Å². The molecule has 1 N–H and O–H groups in total. The summed E-state index contributed by atoms with van der Waals surface area (Å²) < 4.78 is 32.4. The molecule has 0 aromatic carbocycles. The summed E-state index contributed by atoms with van der Waals surface area (Å²) in [6.45, 7) is 13.7. The quantitative estimate of drug-likeness (QED) is 0.270. The average molecular weight is 382 g/mol. The Morgan fingerprint density at radius 2 is 0.846 bits per heavy atom. The first-order valence-corrected chi connectivity index (χ1v) is 9.64. The normalized spacial score (nSPS) is 11.5. The van der Waals surface area contributed by atoms with Crippen molar-refractivity contribution in [1.82, 2.24) is 4.90 Å². The SMILES string of the molecule is CCOCCOCCN(CCOCCOCC)CCOCCOCCO. The molecule has 158 valence electrons. The van der Waals surface area contributed by atoms with Gasteiger partial charge in [-0.25, -0.2) is 0 Å². The van der Waals surface area contributed by atoms with Crippen LogP contribution in [0.15, 0.2) is 0 Å². The van der Waals surface area contributed by atoms with E-state index in [1.165, 1.54) is 0 Å². The molecule has 0 bridgehead atoms. The minimum absolute atomic E-state index is 0.0420. The Hall–Kier alpha value is -0.320. The van der Waals surface area contributed by atoms with Crippen LogP contribution in [0.5, 0.6) is 0 Å². The van der Waals surface area contributed by atoms with E-state index in [0.29, 0.717) is 79.3 Å². The predicted molar refractivity (Wildman–Crippen MR) is 99.8 cm³/mol. The minimum Gasteiger partial charge on any atom is -0.394 e. The minimum atomic E-state index is 0.0420. The fourth-order valence-electron chi connectivity index (χ4n) is 2.03. The second kappa shape index (κ2) is 22.7. The Morgan fingerprint density at radius 1 is 0.500 bits per heavy atom. The summed E-state index contributed by atoms with van der Waals surface area (Å²) in [6.07, 6.45) is 0. The van der Waals surface area contributed by atoms with Crippen molar-refractivity contribution in [3.05, 3.63) is 0 Å². The second-order valence-corrected chi connectivity index (χ2v) is 5.41. The van der Waals surface area contributed by atoms with Crippen molar-refractivity contribution >= 4 is 0 Å². The van der Waals surface area contributed by atoms with E-state index in [9.17, 15) is 0 Å². The van der Waals surface area contributed by atoms with Gasteiger partial charge in [-0.1, -0.05) is 0 Å². The van der Waals surface area contributed by atoms with Gasteiger partial charge in [0.1, 0.15) is 0 Å². The monoisotopic (exact) mass is 381 g/mol. The van der Waals surface area contributed by atoms with Crippen LogP contribution in [0.4, 0.5) is 0 Å². The number of aliphatic hydroxyl groups is 1. The lowest BCUT2D eigenvalue weighted by molar-refractivity contribution is 0.00895. The number of rotatable bonds is 22. The Bertz CT molecular complexity index is 244. The van der Waals surface area contributed by atoms with E-state index in [2.05, 4.69) is 4.90 Å². The van der Waals surface area contributed by atoms with Gasteiger partial charge in [-0.15, -0.1) is 0 Å². The Balaban J connectivity index is 3.77. The van der Waals surface area contributed by atoms with Gasteiger partial charge in [0.25, 0.3) is 0 Å². The number of nitrogens with zero attached hydrogens (tertiary/aromatic N) is 1. The highest BCUT2D eigenvalue weighted by Gasteiger charge is 2.05.